The number of aromatic nitrogens is 2. The summed E-state index contributed by atoms with van der Waals surface area (Å²) in [4.78, 5) is 20.3. The summed E-state index contributed by atoms with van der Waals surface area (Å²) < 4.78 is 0. The van der Waals surface area contributed by atoms with Crippen LogP contribution >= 0.6 is 0 Å². The van der Waals surface area contributed by atoms with Crippen molar-refractivity contribution < 1.29 is 4.79 Å². The molecule has 0 saturated heterocycles. The molecule has 1 heterocycles. The van der Waals surface area contributed by atoms with Gasteiger partial charge in [0.15, 0.2) is 0 Å². The minimum Gasteiger partial charge on any atom is -0.372 e. The molecule has 1 atom stereocenters. The summed E-state index contributed by atoms with van der Waals surface area (Å²) in [6, 6.07) is 7.91. The Balaban J connectivity index is 2.09. The van der Waals surface area contributed by atoms with Crippen LogP contribution in [-0.4, -0.2) is 22.9 Å². The lowest BCUT2D eigenvalue weighted by Crippen LogP contribution is -2.28. The van der Waals surface area contributed by atoms with E-state index in [1.807, 2.05) is 38.1 Å². The minimum atomic E-state index is -0.226. The highest BCUT2D eigenvalue weighted by Crippen LogP contribution is 2.17. The van der Waals surface area contributed by atoms with Crippen molar-refractivity contribution in [2.75, 3.05) is 12.4 Å². The largest absolute Gasteiger partial charge is 0.372 e. The van der Waals surface area contributed by atoms with Gasteiger partial charge in [-0.15, -0.1) is 0 Å². The highest BCUT2D eigenvalue weighted by Gasteiger charge is 2.14. The van der Waals surface area contributed by atoms with Crippen LogP contribution in [0.1, 0.15) is 34.6 Å². The molecule has 5 heteroatoms. The zero-order chi connectivity index (χ0) is 14.5. The lowest BCUT2D eigenvalue weighted by molar-refractivity contribution is 0.0934. The van der Waals surface area contributed by atoms with E-state index in [4.69, 9.17) is 0 Å². The Morgan fingerprint density at radius 1 is 1.20 bits per heavy atom. The summed E-state index contributed by atoms with van der Waals surface area (Å²) in [5.74, 6) is 0.407. The number of carbonyl (C=O) groups is 1. The average Bonchev–Trinajstić information content (AvgIpc) is 2.47. The van der Waals surface area contributed by atoms with Gasteiger partial charge in [0.1, 0.15) is 11.5 Å². The molecule has 0 radical (unpaired) electrons. The summed E-state index contributed by atoms with van der Waals surface area (Å²) in [5.41, 5.74) is 2.56. The molecule has 0 saturated carbocycles. The second-order valence-corrected chi connectivity index (χ2v) is 4.59. The molecule has 0 bridgehead atoms. The molecular formula is C15H18N4O. The van der Waals surface area contributed by atoms with Crippen molar-refractivity contribution in [1.29, 1.82) is 0 Å². The highest BCUT2D eigenvalue weighted by atomic mass is 16.1. The molecule has 0 fully saturated rings. The van der Waals surface area contributed by atoms with Crippen LogP contribution in [0.2, 0.25) is 0 Å². The Kier molecular flexibility index (Phi) is 4.30. The lowest BCUT2D eigenvalue weighted by Gasteiger charge is -2.16. The summed E-state index contributed by atoms with van der Waals surface area (Å²) >= 11 is 0. The maximum Gasteiger partial charge on any atom is 0.271 e. The number of anilines is 1. The van der Waals surface area contributed by atoms with E-state index in [0.29, 0.717) is 11.5 Å². The maximum atomic E-state index is 12.1. The number of amides is 1. The van der Waals surface area contributed by atoms with Crippen LogP contribution in [-0.2, 0) is 0 Å². The molecule has 20 heavy (non-hydrogen) atoms. The van der Waals surface area contributed by atoms with Crippen molar-refractivity contribution in [2.45, 2.75) is 19.9 Å². The summed E-state index contributed by atoms with van der Waals surface area (Å²) in [6.45, 7) is 3.98. The zero-order valence-electron chi connectivity index (χ0n) is 11.8. The third-order valence-electron chi connectivity index (χ3n) is 3.14. The summed E-state index contributed by atoms with van der Waals surface area (Å²) in [5, 5.41) is 5.79. The van der Waals surface area contributed by atoms with E-state index in [-0.39, 0.29) is 11.9 Å². The SMILES string of the molecule is CNc1cnc(C(=O)NC(C)c2ccccc2C)cn1. The van der Waals surface area contributed by atoms with Crippen LogP contribution in [0.15, 0.2) is 36.7 Å². The van der Waals surface area contributed by atoms with Crippen LogP contribution in [0.3, 0.4) is 0 Å². The molecule has 2 rings (SSSR count). The molecule has 5 nitrogen and oxygen atoms in total. The summed E-state index contributed by atoms with van der Waals surface area (Å²) in [7, 11) is 1.75. The van der Waals surface area contributed by atoms with Crippen LogP contribution in [0, 0.1) is 6.92 Å². The second kappa shape index (κ2) is 6.14. The van der Waals surface area contributed by atoms with Gasteiger partial charge >= 0.3 is 0 Å². The van der Waals surface area contributed by atoms with Gasteiger partial charge in [0.2, 0.25) is 0 Å². The third kappa shape index (κ3) is 3.12. The van der Waals surface area contributed by atoms with Gasteiger partial charge in [0, 0.05) is 7.05 Å². The lowest BCUT2D eigenvalue weighted by atomic mass is 10.0. The number of rotatable bonds is 4. The van der Waals surface area contributed by atoms with E-state index in [2.05, 4.69) is 20.6 Å². The number of hydrogen-bond donors (Lipinski definition) is 2. The number of benzene rings is 1. The smallest absolute Gasteiger partial charge is 0.271 e. The number of nitrogens with one attached hydrogen (secondary N) is 2. The predicted octanol–water partition coefficient (Wildman–Crippen LogP) is 2.32. The number of carbonyl (C=O) groups excluding carboxylic acids is 1. The minimum absolute atomic E-state index is 0.0746. The Morgan fingerprint density at radius 2 is 1.95 bits per heavy atom. The molecule has 104 valence electrons. The zero-order valence-corrected chi connectivity index (χ0v) is 11.8. The maximum absolute atomic E-state index is 12.1. The van der Waals surface area contributed by atoms with Gasteiger partial charge in [0.25, 0.3) is 5.91 Å². The number of aryl methyl sites for hydroxylation is 1. The number of nitrogens with zero attached hydrogens (tertiary/aromatic N) is 2. The van der Waals surface area contributed by atoms with Gasteiger partial charge in [-0.05, 0) is 25.0 Å². The Hall–Kier alpha value is -2.43. The van der Waals surface area contributed by atoms with Crippen LogP contribution < -0.4 is 10.6 Å². The molecule has 2 aromatic rings. The molecule has 1 unspecified atom stereocenters. The first-order valence-corrected chi connectivity index (χ1v) is 6.48. The Labute approximate surface area is 118 Å². The van der Waals surface area contributed by atoms with E-state index >= 15 is 0 Å². The van der Waals surface area contributed by atoms with E-state index in [1.54, 1.807) is 7.05 Å². The van der Waals surface area contributed by atoms with Crippen molar-refractivity contribution >= 4 is 11.7 Å². The third-order valence-corrected chi connectivity index (χ3v) is 3.14. The Bertz CT molecular complexity index is 595. The first-order valence-electron chi connectivity index (χ1n) is 6.48. The second-order valence-electron chi connectivity index (χ2n) is 4.59. The molecule has 0 aliphatic carbocycles. The molecule has 0 aliphatic heterocycles. The molecule has 0 aliphatic rings. The van der Waals surface area contributed by atoms with Crippen molar-refractivity contribution in [3.63, 3.8) is 0 Å². The average molecular weight is 270 g/mol. The Morgan fingerprint density at radius 3 is 2.55 bits per heavy atom. The standard InChI is InChI=1S/C15H18N4O/c1-10-6-4-5-7-12(10)11(2)19-15(20)13-8-18-14(16-3)9-17-13/h4-9,11H,1-3H3,(H,16,18)(H,19,20). The van der Waals surface area contributed by atoms with E-state index < -0.39 is 0 Å². The van der Waals surface area contributed by atoms with Crippen molar-refractivity contribution in [3.8, 4) is 0 Å². The van der Waals surface area contributed by atoms with Gasteiger partial charge in [-0.2, -0.15) is 0 Å². The fourth-order valence-corrected chi connectivity index (χ4v) is 2.00. The molecule has 1 aromatic heterocycles. The van der Waals surface area contributed by atoms with Crippen molar-refractivity contribution in [1.82, 2.24) is 15.3 Å². The van der Waals surface area contributed by atoms with Gasteiger partial charge in [-0.1, -0.05) is 24.3 Å². The van der Waals surface area contributed by atoms with E-state index in [0.717, 1.165) is 11.1 Å². The van der Waals surface area contributed by atoms with Gasteiger partial charge in [-0.25, -0.2) is 9.97 Å². The van der Waals surface area contributed by atoms with Gasteiger partial charge < -0.3 is 10.6 Å². The first kappa shape index (κ1) is 14.0. The molecule has 1 amide bonds. The van der Waals surface area contributed by atoms with E-state index in [1.165, 1.54) is 12.4 Å². The van der Waals surface area contributed by atoms with Crippen LogP contribution in [0.25, 0.3) is 0 Å². The quantitative estimate of drug-likeness (QED) is 0.894. The first-order chi connectivity index (χ1) is 9.61. The van der Waals surface area contributed by atoms with E-state index in [9.17, 15) is 4.79 Å². The highest BCUT2D eigenvalue weighted by molar-refractivity contribution is 5.92. The predicted molar refractivity (Wildman–Crippen MR) is 78.6 cm³/mol. The fourth-order valence-electron chi connectivity index (χ4n) is 2.00. The van der Waals surface area contributed by atoms with Crippen LogP contribution in [0.5, 0.6) is 0 Å². The monoisotopic (exact) mass is 270 g/mol. The number of hydrogen-bond acceptors (Lipinski definition) is 4. The normalized spacial score (nSPS) is 11.8. The van der Waals surface area contributed by atoms with Crippen LogP contribution in [0.4, 0.5) is 5.82 Å². The molecule has 1 aromatic carbocycles. The summed E-state index contributed by atoms with van der Waals surface area (Å²) in [6.07, 6.45) is 3.00. The molecule has 2 N–H and O–H groups in total. The fraction of sp³-hybridized carbons (Fsp3) is 0.267. The van der Waals surface area contributed by atoms with Gasteiger partial charge in [-0.3, -0.25) is 4.79 Å². The topological polar surface area (TPSA) is 66.9 Å². The van der Waals surface area contributed by atoms with Crippen molar-refractivity contribution in [2.24, 2.45) is 0 Å². The molecule has 0 spiro atoms. The van der Waals surface area contributed by atoms with Crippen molar-refractivity contribution in [3.05, 3.63) is 53.5 Å². The molecular weight excluding hydrogens is 252 g/mol. The van der Waals surface area contributed by atoms with Gasteiger partial charge in [0.05, 0.1) is 18.4 Å².